The summed E-state index contributed by atoms with van der Waals surface area (Å²) < 4.78 is 5.87. The normalized spacial score (nSPS) is 10.2. The molecule has 0 saturated heterocycles. The van der Waals surface area contributed by atoms with E-state index in [0.717, 1.165) is 29.4 Å². The molecule has 0 unspecified atom stereocenters. The van der Waals surface area contributed by atoms with Gasteiger partial charge in [-0.1, -0.05) is 17.7 Å². The molecule has 1 aromatic carbocycles. The SMILES string of the molecule is CCNc1cc(Oc2ccc(C)cc2C)ccn1. The lowest BCUT2D eigenvalue weighted by atomic mass is 10.1. The summed E-state index contributed by atoms with van der Waals surface area (Å²) in [5, 5.41) is 3.17. The van der Waals surface area contributed by atoms with Crippen LogP contribution < -0.4 is 10.1 Å². The van der Waals surface area contributed by atoms with Crippen LogP contribution >= 0.6 is 0 Å². The molecule has 1 N–H and O–H groups in total. The van der Waals surface area contributed by atoms with E-state index in [9.17, 15) is 0 Å². The van der Waals surface area contributed by atoms with Gasteiger partial charge in [-0.3, -0.25) is 0 Å². The molecule has 94 valence electrons. The average molecular weight is 242 g/mol. The molecule has 0 amide bonds. The highest BCUT2D eigenvalue weighted by molar-refractivity contribution is 5.44. The van der Waals surface area contributed by atoms with Gasteiger partial charge in [0, 0.05) is 18.8 Å². The van der Waals surface area contributed by atoms with E-state index in [1.54, 1.807) is 6.20 Å². The van der Waals surface area contributed by atoms with Crippen LogP contribution in [-0.4, -0.2) is 11.5 Å². The maximum Gasteiger partial charge on any atom is 0.132 e. The molecule has 0 fully saturated rings. The van der Waals surface area contributed by atoms with Crippen LogP contribution in [0.5, 0.6) is 11.5 Å². The van der Waals surface area contributed by atoms with Gasteiger partial charge in [-0.2, -0.15) is 0 Å². The number of pyridine rings is 1. The van der Waals surface area contributed by atoms with Gasteiger partial charge in [-0.25, -0.2) is 4.98 Å². The van der Waals surface area contributed by atoms with Crippen LogP contribution in [0.3, 0.4) is 0 Å². The number of nitrogens with zero attached hydrogens (tertiary/aromatic N) is 1. The molecule has 0 aliphatic carbocycles. The number of anilines is 1. The van der Waals surface area contributed by atoms with E-state index in [-0.39, 0.29) is 0 Å². The Morgan fingerprint density at radius 3 is 2.72 bits per heavy atom. The number of aromatic nitrogens is 1. The van der Waals surface area contributed by atoms with Crippen LogP contribution in [0, 0.1) is 13.8 Å². The number of hydrogen-bond acceptors (Lipinski definition) is 3. The summed E-state index contributed by atoms with van der Waals surface area (Å²) in [5.74, 6) is 2.52. The zero-order valence-corrected chi connectivity index (χ0v) is 11.0. The van der Waals surface area contributed by atoms with Gasteiger partial charge < -0.3 is 10.1 Å². The molecular formula is C15H18N2O. The highest BCUT2D eigenvalue weighted by atomic mass is 16.5. The predicted octanol–water partition coefficient (Wildman–Crippen LogP) is 3.92. The molecule has 18 heavy (non-hydrogen) atoms. The molecule has 2 aromatic rings. The van der Waals surface area contributed by atoms with Gasteiger partial charge in [0.25, 0.3) is 0 Å². The van der Waals surface area contributed by atoms with Crippen LogP contribution in [0.2, 0.25) is 0 Å². The second-order valence-corrected chi connectivity index (χ2v) is 4.28. The first-order valence-corrected chi connectivity index (χ1v) is 6.14. The minimum absolute atomic E-state index is 0.799. The minimum Gasteiger partial charge on any atom is -0.457 e. The Morgan fingerprint density at radius 2 is 2.00 bits per heavy atom. The number of ether oxygens (including phenoxy) is 1. The monoisotopic (exact) mass is 242 g/mol. The lowest BCUT2D eigenvalue weighted by Crippen LogP contribution is -1.99. The van der Waals surface area contributed by atoms with Crippen molar-refractivity contribution in [3.63, 3.8) is 0 Å². The molecule has 0 saturated carbocycles. The topological polar surface area (TPSA) is 34.1 Å². The third-order valence-electron chi connectivity index (χ3n) is 2.65. The predicted molar refractivity (Wildman–Crippen MR) is 74.4 cm³/mol. The number of hydrogen-bond donors (Lipinski definition) is 1. The Labute approximate surface area is 108 Å². The van der Waals surface area contributed by atoms with Gasteiger partial charge in [-0.05, 0) is 38.5 Å². The summed E-state index contributed by atoms with van der Waals surface area (Å²) >= 11 is 0. The molecule has 3 nitrogen and oxygen atoms in total. The Balaban J connectivity index is 2.20. The number of benzene rings is 1. The Morgan fingerprint density at radius 1 is 1.17 bits per heavy atom. The lowest BCUT2D eigenvalue weighted by Gasteiger charge is -2.10. The second-order valence-electron chi connectivity index (χ2n) is 4.28. The molecular weight excluding hydrogens is 224 g/mol. The highest BCUT2D eigenvalue weighted by Gasteiger charge is 2.02. The van der Waals surface area contributed by atoms with Crippen molar-refractivity contribution >= 4 is 5.82 Å². The van der Waals surface area contributed by atoms with Crippen LogP contribution in [0.15, 0.2) is 36.5 Å². The standard InChI is InChI=1S/C15H18N2O/c1-4-16-15-10-13(7-8-17-15)18-14-6-5-11(2)9-12(14)3/h5-10H,4H2,1-3H3,(H,16,17). The van der Waals surface area contributed by atoms with Crippen molar-refractivity contribution in [2.24, 2.45) is 0 Å². The quantitative estimate of drug-likeness (QED) is 0.882. The molecule has 3 heteroatoms. The lowest BCUT2D eigenvalue weighted by molar-refractivity contribution is 0.478. The zero-order chi connectivity index (χ0) is 13.0. The average Bonchev–Trinajstić information content (AvgIpc) is 2.34. The van der Waals surface area contributed by atoms with Crippen molar-refractivity contribution in [1.29, 1.82) is 0 Å². The summed E-state index contributed by atoms with van der Waals surface area (Å²) in [6.07, 6.45) is 1.75. The van der Waals surface area contributed by atoms with Gasteiger partial charge in [-0.15, -0.1) is 0 Å². The molecule has 1 heterocycles. The maximum atomic E-state index is 5.87. The summed E-state index contributed by atoms with van der Waals surface area (Å²) in [6, 6.07) is 9.93. The van der Waals surface area contributed by atoms with Gasteiger partial charge in [0.2, 0.25) is 0 Å². The molecule has 0 bridgehead atoms. The van der Waals surface area contributed by atoms with Crippen molar-refractivity contribution in [3.05, 3.63) is 47.7 Å². The smallest absolute Gasteiger partial charge is 0.132 e. The highest BCUT2D eigenvalue weighted by Crippen LogP contribution is 2.26. The molecule has 0 aliphatic rings. The van der Waals surface area contributed by atoms with Gasteiger partial charge >= 0.3 is 0 Å². The molecule has 0 spiro atoms. The number of nitrogens with one attached hydrogen (secondary N) is 1. The van der Waals surface area contributed by atoms with Crippen molar-refractivity contribution in [2.45, 2.75) is 20.8 Å². The van der Waals surface area contributed by atoms with Crippen LogP contribution in [0.4, 0.5) is 5.82 Å². The van der Waals surface area contributed by atoms with E-state index in [4.69, 9.17) is 4.74 Å². The van der Waals surface area contributed by atoms with E-state index in [0.29, 0.717) is 0 Å². The second kappa shape index (κ2) is 5.54. The van der Waals surface area contributed by atoms with E-state index in [1.165, 1.54) is 5.56 Å². The first-order valence-electron chi connectivity index (χ1n) is 6.14. The fourth-order valence-electron chi connectivity index (χ4n) is 1.79. The summed E-state index contributed by atoms with van der Waals surface area (Å²) in [6.45, 7) is 7.01. The van der Waals surface area contributed by atoms with Crippen molar-refractivity contribution in [1.82, 2.24) is 4.98 Å². The van der Waals surface area contributed by atoms with Crippen molar-refractivity contribution in [3.8, 4) is 11.5 Å². The van der Waals surface area contributed by atoms with Gasteiger partial charge in [0.1, 0.15) is 17.3 Å². The van der Waals surface area contributed by atoms with E-state index in [1.807, 2.05) is 25.1 Å². The third-order valence-corrected chi connectivity index (χ3v) is 2.65. The van der Waals surface area contributed by atoms with E-state index >= 15 is 0 Å². The Hall–Kier alpha value is -2.03. The van der Waals surface area contributed by atoms with E-state index < -0.39 is 0 Å². The van der Waals surface area contributed by atoms with Crippen LogP contribution in [0.25, 0.3) is 0 Å². The molecule has 0 aliphatic heterocycles. The summed E-state index contributed by atoms with van der Waals surface area (Å²) in [7, 11) is 0. The Kier molecular flexibility index (Phi) is 3.82. The maximum absolute atomic E-state index is 5.87. The number of rotatable bonds is 4. The van der Waals surface area contributed by atoms with Gasteiger partial charge in [0.05, 0.1) is 0 Å². The van der Waals surface area contributed by atoms with Crippen LogP contribution in [-0.2, 0) is 0 Å². The minimum atomic E-state index is 0.799. The van der Waals surface area contributed by atoms with Gasteiger partial charge in [0.15, 0.2) is 0 Å². The largest absolute Gasteiger partial charge is 0.457 e. The fourth-order valence-corrected chi connectivity index (χ4v) is 1.79. The zero-order valence-electron chi connectivity index (χ0n) is 11.0. The molecule has 1 aromatic heterocycles. The first-order chi connectivity index (χ1) is 8.69. The molecule has 0 radical (unpaired) electrons. The summed E-state index contributed by atoms with van der Waals surface area (Å²) in [5.41, 5.74) is 2.37. The summed E-state index contributed by atoms with van der Waals surface area (Å²) in [4.78, 5) is 4.22. The molecule has 0 atom stereocenters. The van der Waals surface area contributed by atoms with Crippen molar-refractivity contribution in [2.75, 3.05) is 11.9 Å². The van der Waals surface area contributed by atoms with Crippen LogP contribution in [0.1, 0.15) is 18.1 Å². The number of aryl methyl sites for hydroxylation is 2. The third kappa shape index (κ3) is 3.00. The Bertz CT molecular complexity index is 538. The first kappa shape index (κ1) is 12.4. The molecule has 2 rings (SSSR count). The fraction of sp³-hybridized carbons (Fsp3) is 0.267. The van der Waals surface area contributed by atoms with E-state index in [2.05, 4.69) is 36.3 Å². The van der Waals surface area contributed by atoms with Crippen molar-refractivity contribution < 1.29 is 4.74 Å².